The molecule has 0 saturated carbocycles. The number of hydrogen-bond acceptors (Lipinski definition) is 11. The van der Waals surface area contributed by atoms with E-state index in [9.17, 15) is 19.5 Å². The van der Waals surface area contributed by atoms with E-state index in [-0.39, 0.29) is 30.6 Å². The van der Waals surface area contributed by atoms with Crippen molar-refractivity contribution in [1.82, 2.24) is 9.80 Å². The number of aliphatic hydroxyl groups excluding tert-OH is 1. The molecule has 1 N–H and O–H groups in total. The summed E-state index contributed by atoms with van der Waals surface area (Å²) in [6.45, 7) is 19.4. The van der Waals surface area contributed by atoms with Crippen molar-refractivity contribution in [3.8, 4) is 0 Å². The van der Waals surface area contributed by atoms with Crippen molar-refractivity contribution < 1.29 is 43.2 Å². The molecule has 3 saturated heterocycles. The predicted molar refractivity (Wildman–Crippen MR) is 171 cm³/mol. The van der Waals surface area contributed by atoms with Crippen molar-refractivity contribution >= 4 is 23.6 Å². The Morgan fingerprint density at radius 2 is 1.78 bits per heavy atom. The molecule has 2 bridgehead atoms. The van der Waals surface area contributed by atoms with Gasteiger partial charge in [-0.2, -0.15) is 0 Å². The third-order valence-corrected chi connectivity index (χ3v) is 10.7. The highest BCUT2D eigenvalue weighted by Crippen LogP contribution is 2.43. The molecule has 4 rings (SSSR count). The Balaban J connectivity index is 1.83. The molecule has 0 aromatic heterocycles. The Hall–Kier alpha value is -2.38. The monoisotopic (exact) mass is 649 g/mol. The lowest BCUT2D eigenvalue weighted by Crippen LogP contribution is -2.60. The zero-order chi connectivity index (χ0) is 34.3. The van der Waals surface area contributed by atoms with Crippen LogP contribution in [-0.2, 0) is 33.3 Å². The van der Waals surface area contributed by atoms with E-state index in [0.29, 0.717) is 25.9 Å². The van der Waals surface area contributed by atoms with Gasteiger partial charge in [0.05, 0.1) is 37.0 Å². The molecule has 0 aliphatic carbocycles. The van der Waals surface area contributed by atoms with E-state index in [1.54, 1.807) is 31.7 Å². The summed E-state index contributed by atoms with van der Waals surface area (Å²) in [6.07, 6.45) is -1.89. The molecule has 4 aliphatic rings. The number of likely N-dealkylation sites (N-methyl/N-ethyl adjacent to an activating group) is 1. The summed E-state index contributed by atoms with van der Waals surface area (Å²) < 4.78 is 31.3. The third kappa shape index (κ3) is 6.78. The fraction of sp³-hybridized carbons (Fsp3) is 0.824. The summed E-state index contributed by atoms with van der Waals surface area (Å²) in [5, 5.41) is 11.4. The molecule has 0 spiro atoms. The minimum Gasteiger partial charge on any atom is -0.458 e. The average molecular weight is 650 g/mol. The van der Waals surface area contributed by atoms with Crippen LogP contribution in [0.15, 0.2) is 17.6 Å². The first-order chi connectivity index (χ1) is 21.5. The van der Waals surface area contributed by atoms with Crippen LogP contribution < -0.4 is 0 Å². The number of esters is 1. The van der Waals surface area contributed by atoms with Gasteiger partial charge in [0, 0.05) is 30.1 Å². The first-order valence-electron chi connectivity index (χ1n) is 16.6. The van der Waals surface area contributed by atoms with Gasteiger partial charge >= 0.3 is 12.1 Å². The van der Waals surface area contributed by atoms with E-state index in [1.165, 1.54) is 6.92 Å². The summed E-state index contributed by atoms with van der Waals surface area (Å²) in [4.78, 5) is 49.5. The van der Waals surface area contributed by atoms with Crippen LogP contribution in [0, 0.1) is 23.7 Å². The highest BCUT2D eigenvalue weighted by atomic mass is 16.7. The lowest BCUT2D eigenvalue weighted by molar-refractivity contribution is -0.296. The number of fused-ring (bicyclic) bond motifs is 1. The molecule has 2 unspecified atom stereocenters. The molecule has 46 heavy (non-hydrogen) atoms. The molecular weight excluding hydrogens is 594 g/mol. The molecule has 12 nitrogen and oxygen atoms in total. The topological polar surface area (TPSA) is 136 Å². The van der Waals surface area contributed by atoms with Gasteiger partial charge < -0.3 is 33.7 Å². The number of ether oxygens (including phenoxy) is 5. The smallest absolute Gasteiger partial charge is 0.410 e. The Morgan fingerprint density at radius 3 is 2.41 bits per heavy atom. The molecule has 0 aromatic rings. The average Bonchev–Trinajstić information content (AvgIpc) is 3.12. The molecule has 0 radical (unpaired) electrons. The number of hydrogen-bond donors (Lipinski definition) is 1. The number of cyclic esters (lactones) is 1. The van der Waals surface area contributed by atoms with Crippen LogP contribution in [0.2, 0.25) is 0 Å². The van der Waals surface area contributed by atoms with Crippen LogP contribution in [0.1, 0.15) is 68.2 Å². The Bertz CT molecular complexity index is 1190. The summed E-state index contributed by atoms with van der Waals surface area (Å²) in [5.41, 5.74) is -1.42. The van der Waals surface area contributed by atoms with Gasteiger partial charge in [-0.1, -0.05) is 26.8 Å². The number of carbonyl (C=O) groups is 3. The number of nitrogens with zero attached hydrogens (tertiary/aromatic N) is 3. The third-order valence-electron chi connectivity index (χ3n) is 10.7. The second-order valence-electron chi connectivity index (χ2n) is 14.4. The molecule has 3 fully saturated rings. The minimum atomic E-state index is -1.17. The second-order valence-corrected chi connectivity index (χ2v) is 14.4. The highest BCUT2D eigenvalue weighted by Gasteiger charge is 2.59. The summed E-state index contributed by atoms with van der Waals surface area (Å²) in [5.74, 6) is -3.57. The molecule has 0 aromatic carbocycles. The van der Waals surface area contributed by atoms with Gasteiger partial charge in [0.1, 0.15) is 18.1 Å². The van der Waals surface area contributed by atoms with Crippen LogP contribution in [-0.4, -0.2) is 126 Å². The van der Waals surface area contributed by atoms with Crippen molar-refractivity contribution in [2.75, 3.05) is 33.8 Å². The van der Waals surface area contributed by atoms with Gasteiger partial charge in [0.25, 0.3) is 0 Å². The zero-order valence-electron chi connectivity index (χ0n) is 29.2. The van der Waals surface area contributed by atoms with E-state index in [1.807, 2.05) is 39.8 Å². The molecule has 12 heteroatoms. The Labute approximate surface area is 273 Å². The SMILES string of the molecule is C=CCO[C@@]1(C)C[C@@H](C)C2=NCCN3C(=O)O[C@@](C)(C3[C@@H]2C)[C@H](C)OC(=O)[C@H](C)C(=O)[C@H](C)[C@H]1O[C@H]1O[C@@H](C)C[C@@H](N(C)C)C1O. The fourth-order valence-corrected chi connectivity index (χ4v) is 8.11. The lowest BCUT2D eigenvalue weighted by atomic mass is 9.73. The Morgan fingerprint density at radius 1 is 1.11 bits per heavy atom. The maximum absolute atomic E-state index is 14.2. The molecule has 1 amide bonds. The number of rotatable bonds is 6. The van der Waals surface area contributed by atoms with Crippen molar-refractivity contribution in [3.05, 3.63) is 12.7 Å². The van der Waals surface area contributed by atoms with Crippen molar-refractivity contribution in [3.63, 3.8) is 0 Å². The maximum atomic E-state index is 14.2. The number of ketones is 1. The second kappa shape index (κ2) is 14.0. The number of carbonyl (C=O) groups excluding carboxylic acids is 3. The molecule has 4 heterocycles. The highest BCUT2D eigenvalue weighted by molar-refractivity contribution is 6.00. The van der Waals surface area contributed by atoms with E-state index >= 15 is 0 Å². The summed E-state index contributed by atoms with van der Waals surface area (Å²) >= 11 is 0. The number of aliphatic imine (C=N–C) groups is 1. The maximum Gasteiger partial charge on any atom is 0.410 e. The fourth-order valence-electron chi connectivity index (χ4n) is 8.11. The molecular formula is C34H55N3O9. The number of amides is 1. The van der Waals surface area contributed by atoms with Gasteiger partial charge in [0.2, 0.25) is 0 Å². The molecule has 4 aliphatic heterocycles. The number of aliphatic hydroxyl groups is 1. The van der Waals surface area contributed by atoms with Crippen molar-refractivity contribution in [2.24, 2.45) is 28.7 Å². The predicted octanol–water partition coefficient (Wildman–Crippen LogP) is 3.24. The molecule has 13 atom stereocenters. The van der Waals surface area contributed by atoms with E-state index in [4.69, 9.17) is 28.7 Å². The van der Waals surface area contributed by atoms with Crippen molar-refractivity contribution in [1.29, 1.82) is 0 Å². The number of Topliss-reactive ketones (excluding diaryl/α,β-unsaturated/α-hetero) is 1. The van der Waals surface area contributed by atoms with Gasteiger partial charge in [-0.3, -0.25) is 19.5 Å². The Kier molecular flexibility index (Phi) is 11.1. The van der Waals surface area contributed by atoms with E-state index in [0.717, 1.165) is 5.71 Å². The van der Waals surface area contributed by atoms with Crippen LogP contribution in [0.3, 0.4) is 0 Å². The van der Waals surface area contributed by atoms with Crippen LogP contribution in [0.25, 0.3) is 0 Å². The largest absolute Gasteiger partial charge is 0.458 e. The first kappa shape index (κ1) is 36.5. The van der Waals surface area contributed by atoms with Gasteiger partial charge in [-0.05, 0) is 67.5 Å². The molecule has 260 valence electrons. The summed E-state index contributed by atoms with van der Waals surface area (Å²) in [6, 6.07) is -0.690. The normalized spacial score (nSPS) is 44.2. The van der Waals surface area contributed by atoms with Crippen LogP contribution in [0.4, 0.5) is 4.79 Å². The lowest BCUT2D eigenvalue weighted by Gasteiger charge is -2.47. The van der Waals surface area contributed by atoms with Gasteiger partial charge in [-0.15, -0.1) is 6.58 Å². The first-order valence-corrected chi connectivity index (χ1v) is 16.6. The van der Waals surface area contributed by atoms with E-state index < -0.39 is 71.5 Å². The van der Waals surface area contributed by atoms with E-state index in [2.05, 4.69) is 13.5 Å². The summed E-state index contributed by atoms with van der Waals surface area (Å²) in [7, 11) is 3.79. The van der Waals surface area contributed by atoms with Crippen LogP contribution in [0.5, 0.6) is 0 Å². The van der Waals surface area contributed by atoms with Crippen molar-refractivity contribution in [2.45, 2.75) is 122 Å². The standard InChI is InChI=1S/C34H55N3O9/c1-12-15-42-33(8)17-18(2)25-20(4)28-34(9,46-32(41)37(28)14-13-35-25)23(7)44-30(40)22(6)26(38)21(5)29(33)45-31-27(39)24(36(10)11)16-19(3)43-31/h12,18-24,27-29,31,39H,1,13-17H2,2-11H3/t18-,19+,20-,21+,22-,23+,24-,27?,28?,29-,31-,33+,34-/m1/s1. The quantitative estimate of drug-likeness (QED) is 0.260. The zero-order valence-corrected chi connectivity index (χ0v) is 29.2. The van der Waals surface area contributed by atoms with Gasteiger partial charge in [0.15, 0.2) is 17.7 Å². The van der Waals surface area contributed by atoms with Gasteiger partial charge in [-0.25, -0.2) is 4.79 Å². The van der Waals surface area contributed by atoms with Crippen LogP contribution >= 0.6 is 0 Å². The minimum absolute atomic E-state index is 0.169.